The Morgan fingerprint density at radius 1 is 1.20 bits per heavy atom. The van der Waals surface area contributed by atoms with Gasteiger partial charge in [0, 0.05) is 22.3 Å². The van der Waals surface area contributed by atoms with Gasteiger partial charge in [-0.05, 0) is 55.7 Å². The van der Waals surface area contributed by atoms with Crippen LogP contribution >= 0.6 is 11.5 Å². The van der Waals surface area contributed by atoms with Crippen molar-refractivity contribution in [1.29, 1.82) is 0 Å². The van der Waals surface area contributed by atoms with E-state index in [0.717, 1.165) is 33.0 Å². The lowest BCUT2D eigenvalue weighted by molar-refractivity contribution is 0.262. The first-order valence-electron chi connectivity index (χ1n) is 6.21. The molecule has 0 bridgehead atoms. The number of benzene rings is 1. The lowest BCUT2D eigenvalue weighted by atomic mass is 10.2. The zero-order valence-corrected chi connectivity index (χ0v) is 12.0. The Kier molecular flexibility index (Phi) is 3.15. The van der Waals surface area contributed by atoms with Gasteiger partial charge < -0.3 is 10.3 Å². The van der Waals surface area contributed by atoms with Crippen LogP contribution in [0.3, 0.4) is 0 Å². The molecule has 0 aliphatic carbocycles. The summed E-state index contributed by atoms with van der Waals surface area (Å²) in [7, 11) is 0. The van der Waals surface area contributed by atoms with E-state index in [1.165, 1.54) is 11.5 Å². The van der Waals surface area contributed by atoms with E-state index in [2.05, 4.69) is 20.0 Å². The third-order valence-corrected chi connectivity index (χ3v) is 3.67. The van der Waals surface area contributed by atoms with Crippen molar-refractivity contribution in [2.75, 3.05) is 10.6 Å². The second-order valence-electron chi connectivity index (χ2n) is 4.67. The molecule has 0 fully saturated rings. The highest BCUT2D eigenvalue weighted by Gasteiger charge is 2.06. The van der Waals surface area contributed by atoms with Gasteiger partial charge in [-0.2, -0.15) is 4.37 Å². The lowest BCUT2D eigenvalue weighted by Crippen LogP contribution is -2.18. The second kappa shape index (κ2) is 4.97. The van der Waals surface area contributed by atoms with E-state index in [0.29, 0.717) is 0 Å². The molecule has 3 aromatic rings. The van der Waals surface area contributed by atoms with Crippen LogP contribution in [-0.4, -0.2) is 15.4 Å². The standard InChI is InChI=1S/C14H14N4OS/c1-8-5-10-7-11(3-4-12(10)15-8)16-14(19)17-13-6-9(2)18-20-13/h3-7,15H,1-2H3,(H2,16,17,19). The van der Waals surface area contributed by atoms with Crippen molar-refractivity contribution in [1.82, 2.24) is 9.36 Å². The number of anilines is 2. The minimum atomic E-state index is -0.264. The van der Waals surface area contributed by atoms with E-state index in [1.807, 2.05) is 44.2 Å². The highest BCUT2D eigenvalue weighted by Crippen LogP contribution is 2.20. The number of aryl methyl sites for hydroxylation is 2. The minimum absolute atomic E-state index is 0.264. The molecule has 5 nitrogen and oxygen atoms in total. The van der Waals surface area contributed by atoms with Gasteiger partial charge in [0.05, 0.1) is 5.69 Å². The molecule has 0 unspecified atom stereocenters. The SMILES string of the molecule is Cc1cc(NC(=O)Nc2ccc3[nH]c(C)cc3c2)sn1. The lowest BCUT2D eigenvalue weighted by Gasteiger charge is -2.05. The molecule has 102 valence electrons. The summed E-state index contributed by atoms with van der Waals surface area (Å²) < 4.78 is 4.12. The summed E-state index contributed by atoms with van der Waals surface area (Å²) in [6.45, 7) is 3.90. The van der Waals surface area contributed by atoms with Crippen molar-refractivity contribution in [3.8, 4) is 0 Å². The predicted octanol–water partition coefficient (Wildman–Crippen LogP) is 3.89. The van der Waals surface area contributed by atoms with Crippen LogP contribution in [-0.2, 0) is 0 Å². The zero-order chi connectivity index (χ0) is 14.1. The molecule has 6 heteroatoms. The number of carbonyl (C=O) groups is 1. The number of fused-ring (bicyclic) bond motifs is 1. The molecular formula is C14H14N4OS. The first-order valence-corrected chi connectivity index (χ1v) is 6.98. The predicted molar refractivity (Wildman–Crippen MR) is 82.5 cm³/mol. The summed E-state index contributed by atoms with van der Waals surface area (Å²) in [6, 6.07) is 9.38. The van der Waals surface area contributed by atoms with Gasteiger partial charge in [-0.1, -0.05) is 0 Å². The number of nitrogens with zero attached hydrogens (tertiary/aromatic N) is 1. The Morgan fingerprint density at radius 3 is 2.80 bits per heavy atom. The number of aromatic nitrogens is 2. The number of carbonyl (C=O) groups excluding carboxylic acids is 1. The largest absolute Gasteiger partial charge is 0.359 e. The first-order chi connectivity index (χ1) is 9.60. The molecular weight excluding hydrogens is 272 g/mol. The van der Waals surface area contributed by atoms with E-state index < -0.39 is 0 Å². The van der Waals surface area contributed by atoms with Crippen LogP contribution in [0.25, 0.3) is 10.9 Å². The fraction of sp³-hybridized carbons (Fsp3) is 0.143. The van der Waals surface area contributed by atoms with Gasteiger partial charge in [0.25, 0.3) is 0 Å². The Bertz CT molecular complexity index is 774. The molecule has 0 spiro atoms. The molecule has 0 atom stereocenters. The van der Waals surface area contributed by atoms with Crippen molar-refractivity contribution in [3.63, 3.8) is 0 Å². The number of nitrogens with one attached hydrogen (secondary N) is 3. The van der Waals surface area contributed by atoms with Crippen molar-refractivity contribution in [2.24, 2.45) is 0 Å². The molecule has 0 saturated heterocycles. The zero-order valence-electron chi connectivity index (χ0n) is 11.2. The highest BCUT2D eigenvalue weighted by molar-refractivity contribution is 7.10. The monoisotopic (exact) mass is 286 g/mol. The molecule has 0 saturated carbocycles. The quantitative estimate of drug-likeness (QED) is 0.669. The highest BCUT2D eigenvalue weighted by atomic mass is 32.1. The van der Waals surface area contributed by atoms with Crippen LogP contribution in [0.2, 0.25) is 0 Å². The molecule has 3 N–H and O–H groups in total. The topological polar surface area (TPSA) is 69.8 Å². The smallest absolute Gasteiger partial charge is 0.324 e. The summed E-state index contributed by atoms with van der Waals surface area (Å²) in [5.74, 6) is 0. The molecule has 1 aromatic carbocycles. The van der Waals surface area contributed by atoms with E-state index in [1.54, 1.807) is 0 Å². The van der Waals surface area contributed by atoms with Crippen LogP contribution in [0.4, 0.5) is 15.5 Å². The van der Waals surface area contributed by atoms with E-state index >= 15 is 0 Å². The molecule has 20 heavy (non-hydrogen) atoms. The summed E-state index contributed by atoms with van der Waals surface area (Å²) in [6.07, 6.45) is 0. The Labute approximate surface area is 120 Å². The summed E-state index contributed by atoms with van der Waals surface area (Å²) in [5.41, 5.74) is 3.82. The van der Waals surface area contributed by atoms with Crippen LogP contribution in [0.15, 0.2) is 30.3 Å². The van der Waals surface area contributed by atoms with Crippen LogP contribution < -0.4 is 10.6 Å². The third kappa shape index (κ3) is 2.65. The average molecular weight is 286 g/mol. The van der Waals surface area contributed by atoms with Crippen molar-refractivity contribution < 1.29 is 4.79 Å². The van der Waals surface area contributed by atoms with Crippen molar-refractivity contribution in [2.45, 2.75) is 13.8 Å². The second-order valence-corrected chi connectivity index (χ2v) is 5.47. The first kappa shape index (κ1) is 12.7. The molecule has 2 heterocycles. The Hall–Kier alpha value is -2.34. The van der Waals surface area contributed by atoms with Crippen LogP contribution in [0, 0.1) is 13.8 Å². The number of hydrogen-bond donors (Lipinski definition) is 3. The molecule has 0 aliphatic heterocycles. The van der Waals surface area contributed by atoms with Crippen molar-refractivity contribution >= 4 is 39.2 Å². The summed E-state index contributed by atoms with van der Waals surface area (Å²) in [4.78, 5) is 15.1. The fourth-order valence-corrected chi connectivity index (χ4v) is 2.71. The fourth-order valence-electron chi connectivity index (χ4n) is 2.05. The molecule has 2 aromatic heterocycles. The number of hydrogen-bond acceptors (Lipinski definition) is 3. The average Bonchev–Trinajstić information content (AvgIpc) is 2.93. The van der Waals surface area contributed by atoms with Gasteiger partial charge >= 0.3 is 6.03 Å². The normalized spacial score (nSPS) is 10.7. The molecule has 0 radical (unpaired) electrons. The van der Waals surface area contributed by atoms with E-state index in [9.17, 15) is 4.79 Å². The Balaban J connectivity index is 1.73. The number of amides is 2. The number of aromatic amines is 1. The van der Waals surface area contributed by atoms with Gasteiger partial charge in [-0.25, -0.2) is 4.79 Å². The Morgan fingerprint density at radius 2 is 2.05 bits per heavy atom. The van der Waals surface area contributed by atoms with Gasteiger partial charge in [0.15, 0.2) is 0 Å². The van der Waals surface area contributed by atoms with Crippen LogP contribution in [0.1, 0.15) is 11.4 Å². The molecule has 0 aliphatic rings. The molecule has 3 rings (SSSR count). The molecule has 2 amide bonds. The minimum Gasteiger partial charge on any atom is -0.359 e. The van der Waals surface area contributed by atoms with E-state index in [-0.39, 0.29) is 6.03 Å². The maximum atomic E-state index is 11.9. The van der Waals surface area contributed by atoms with E-state index in [4.69, 9.17) is 0 Å². The van der Waals surface area contributed by atoms with Gasteiger partial charge in [-0.15, -0.1) is 0 Å². The number of rotatable bonds is 2. The maximum Gasteiger partial charge on any atom is 0.324 e. The van der Waals surface area contributed by atoms with Crippen LogP contribution in [0.5, 0.6) is 0 Å². The third-order valence-electron chi connectivity index (χ3n) is 2.88. The number of H-pyrrole nitrogens is 1. The van der Waals surface area contributed by atoms with Crippen molar-refractivity contribution in [3.05, 3.63) is 41.7 Å². The van der Waals surface area contributed by atoms with Gasteiger partial charge in [0.1, 0.15) is 5.00 Å². The summed E-state index contributed by atoms with van der Waals surface area (Å²) in [5, 5.41) is 7.39. The summed E-state index contributed by atoms with van der Waals surface area (Å²) >= 11 is 1.27. The van der Waals surface area contributed by atoms with Gasteiger partial charge in [-0.3, -0.25) is 5.32 Å². The van der Waals surface area contributed by atoms with Gasteiger partial charge in [0.2, 0.25) is 0 Å². The number of urea groups is 1. The maximum absolute atomic E-state index is 11.9.